The lowest BCUT2D eigenvalue weighted by Crippen LogP contribution is -2.38. The highest BCUT2D eigenvalue weighted by molar-refractivity contribution is 5.89. The first-order chi connectivity index (χ1) is 15.7. The zero-order chi connectivity index (χ0) is 23.8. The Balaban J connectivity index is 1.59. The monoisotopic (exact) mass is 452 g/mol. The molecular formula is C26H26F2N2O3. The molecule has 1 heterocycles. The average Bonchev–Trinajstić information content (AvgIpc) is 3.19. The standard InChI is InChI=1S/C26H26F2N2O3/c1-3-18-12-23-17(15-29-30(23)21-9-7-19(27)8-10-21)14-26(18,2)24(31)11-5-16-4-6-20(28)13-22(16)25(32)33/h4,6-10,12-13,15,24,31H,3,5,11,14H2,1-2H3,(H,32,33)/t24-,26?/m0/s1. The summed E-state index contributed by atoms with van der Waals surface area (Å²) in [5.74, 6) is -2.10. The van der Waals surface area contributed by atoms with Crippen LogP contribution in [0.3, 0.4) is 0 Å². The van der Waals surface area contributed by atoms with E-state index in [4.69, 9.17) is 0 Å². The predicted octanol–water partition coefficient (Wildman–Crippen LogP) is 5.20. The Morgan fingerprint density at radius 1 is 1.18 bits per heavy atom. The van der Waals surface area contributed by atoms with Crippen LogP contribution in [0.2, 0.25) is 0 Å². The van der Waals surface area contributed by atoms with Crippen LogP contribution in [0.4, 0.5) is 8.78 Å². The summed E-state index contributed by atoms with van der Waals surface area (Å²) in [6, 6.07) is 9.86. The van der Waals surface area contributed by atoms with Crippen molar-refractivity contribution in [2.75, 3.05) is 0 Å². The highest BCUT2D eigenvalue weighted by atomic mass is 19.1. The maximum atomic E-state index is 13.5. The molecule has 172 valence electrons. The summed E-state index contributed by atoms with van der Waals surface area (Å²) >= 11 is 0. The number of aromatic nitrogens is 2. The zero-order valence-electron chi connectivity index (χ0n) is 18.6. The molecule has 4 rings (SSSR count). The summed E-state index contributed by atoms with van der Waals surface area (Å²) in [4.78, 5) is 11.5. The topological polar surface area (TPSA) is 75.3 Å². The molecule has 1 unspecified atom stereocenters. The summed E-state index contributed by atoms with van der Waals surface area (Å²) in [5.41, 5.74) is 3.57. The lowest BCUT2D eigenvalue weighted by Gasteiger charge is -2.39. The van der Waals surface area contributed by atoms with E-state index >= 15 is 0 Å². The molecule has 7 heteroatoms. The number of hydrogen-bond acceptors (Lipinski definition) is 3. The molecule has 0 saturated heterocycles. The van der Waals surface area contributed by atoms with Gasteiger partial charge in [-0.25, -0.2) is 18.3 Å². The minimum atomic E-state index is -1.19. The van der Waals surface area contributed by atoms with E-state index in [0.717, 1.165) is 35.0 Å². The Kier molecular flexibility index (Phi) is 6.17. The fourth-order valence-electron chi connectivity index (χ4n) is 4.72. The summed E-state index contributed by atoms with van der Waals surface area (Å²) in [6.45, 7) is 4.04. The van der Waals surface area contributed by atoms with Crippen LogP contribution in [0.1, 0.15) is 53.9 Å². The van der Waals surface area contributed by atoms with Gasteiger partial charge < -0.3 is 10.2 Å². The lowest BCUT2D eigenvalue weighted by atomic mass is 9.67. The Morgan fingerprint density at radius 2 is 1.88 bits per heavy atom. The van der Waals surface area contributed by atoms with Gasteiger partial charge in [-0.2, -0.15) is 5.10 Å². The molecule has 0 aliphatic heterocycles. The molecular weight excluding hydrogens is 426 g/mol. The lowest BCUT2D eigenvalue weighted by molar-refractivity contribution is 0.0528. The highest BCUT2D eigenvalue weighted by Crippen LogP contribution is 2.44. The molecule has 0 spiro atoms. The van der Waals surface area contributed by atoms with Crippen molar-refractivity contribution in [1.29, 1.82) is 0 Å². The van der Waals surface area contributed by atoms with Gasteiger partial charge in [0.25, 0.3) is 0 Å². The first-order valence-corrected chi connectivity index (χ1v) is 11.0. The first-order valence-electron chi connectivity index (χ1n) is 11.0. The third-order valence-electron chi connectivity index (χ3n) is 6.67. The van der Waals surface area contributed by atoms with Gasteiger partial charge in [0, 0.05) is 5.41 Å². The Labute approximate surface area is 191 Å². The number of aliphatic hydroxyl groups is 1. The summed E-state index contributed by atoms with van der Waals surface area (Å²) in [5, 5.41) is 25.1. The average molecular weight is 453 g/mol. The van der Waals surface area contributed by atoms with Gasteiger partial charge in [0.2, 0.25) is 0 Å². The van der Waals surface area contributed by atoms with E-state index in [1.165, 1.54) is 24.3 Å². The molecule has 2 aromatic carbocycles. The van der Waals surface area contributed by atoms with Gasteiger partial charge in [-0.1, -0.05) is 25.5 Å². The van der Waals surface area contributed by atoms with Crippen LogP contribution >= 0.6 is 0 Å². The number of halogens is 2. The molecule has 5 nitrogen and oxygen atoms in total. The number of nitrogens with zero attached hydrogens (tertiary/aromatic N) is 2. The van der Waals surface area contributed by atoms with Crippen LogP contribution < -0.4 is 0 Å². The van der Waals surface area contributed by atoms with E-state index in [0.29, 0.717) is 24.8 Å². The van der Waals surface area contributed by atoms with Crippen molar-refractivity contribution in [1.82, 2.24) is 9.78 Å². The smallest absolute Gasteiger partial charge is 0.336 e. The van der Waals surface area contributed by atoms with Gasteiger partial charge in [-0.3, -0.25) is 0 Å². The van der Waals surface area contributed by atoms with Crippen LogP contribution in [0.5, 0.6) is 0 Å². The second-order valence-corrected chi connectivity index (χ2v) is 8.72. The molecule has 2 N–H and O–H groups in total. The number of aliphatic hydroxyl groups excluding tert-OH is 1. The number of carboxylic acids is 1. The van der Waals surface area contributed by atoms with Crippen LogP contribution in [-0.4, -0.2) is 32.1 Å². The molecule has 33 heavy (non-hydrogen) atoms. The van der Waals surface area contributed by atoms with E-state index in [1.54, 1.807) is 23.0 Å². The zero-order valence-corrected chi connectivity index (χ0v) is 18.6. The van der Waals surface area contributed by atoms with Gasteiger partial charge in [0.15, 0.2) is 0 Å². The summed E-state index contributed by atoms with van der Waals surface area (Å²) in [7, 11) is 0. The van der Waals surface area contributed by atoms with E-state index in [9.17, 15) is 23.8 Å². The SMILES string of the molecule is CCC1=Cc2c(cnn2-c2ccc(F)cc2)CC1(C)[C@@H](O)CCc1ccc(F)cc1C(=O)O. The van der Waals surface area contributed by atoms with Gasteiger partial charge in [0.05, 0.1) is 29.2 Å². The van der Waals surface area contributed by atoms with Crippen molar-refractivity contribution >= 4 is 12.0 Å². The second kappa shape index (κ2) is 8.90. The van der Waals surface area contributed by atoms with Crippen LogP contribution in [0.15, 0.2) is 54.2 Å². The number of carboxylic acid groups (broad SMARTS) is 1. The quantitative estimate of drug-likeness (QED) is 0.517. The van der Waals surface area contributed by atoms with Crippen molar-refractivity contribution in [2.45, 2.75) is 45.6 Å². The summed E-state index contributed by atoms with van der Waals surface area (Å²) in [6.07, 6.45) is 5.02. The van der Waals surface area contributed by atoms with Gasteiger partial charge in [-0.05, 0) is 79.3 Å². The number of benzene rings is 2. The van der Waals surface area contributed by atoms with E-state index in [1.807, 2.05) is 19.9 Å². The van der Waals surface area contributed by atoms with Crippen molar-refractivity contribution in [3.05, 3.63) is 88.3 Å². The summed E-state index contributed by atoms with van der Waals surface area (Å²) < 4.78 is 28.6. The molecule has 1 aliphatic carbocycles. The second-order valence-electron chi connectivity index (χ2n) is 8.72. The van der Waals surface area contributed by atoms with Gasteiger partial charge in [-0.15, -0.1) is 0 Å². The number of hydrogen-bond donors (Lipinski definition) is 2. The highest BCUT2D eigenvalue weighted by Gasteiger charge is 2.40. The van der Waals surface area contributed by atoms with Crippen molar-refractivity contribution < 1.29 is 23.8 Å². The minimum Gasteiger partial charge on any atom is -0.478 e. The molecule has 1 aliphatic rings. The number of fused-ring (bicyclic) bond motifs is 1. The third-order valence-corrected chi connectivity index (χ3v) is 6.67. The van der Waals surface area contributed by atoms with Gasteiger partial charge in [0.1, 0.15) is 11.6 Å². The van der Waals surface area contributed by atoms with E-state index in [-0.39, 0.29) is 11.4 Å². The maximum Gasteiger partial charge on any atom is 0.336 e. The number of aromatic carboxylic acids is 1. The molecule has 1 aromatic heterocycles. The molecule has 0 fully saturated rings. The Hall–Kier alpha value is -3.32. The number of carbonyl (C=O) groups is 1. The maximum absolute atomic E-state index is 13.5. The Morgan fingerprint density at radius 3 is 2.55 bits per heavy atom. The van der Waals surface area contributed by atoms with Crippen LogP contribution in [0, 0.1) is 17.0 Å². The van der Waals surface area contributed by atoms with Crippen molar-refractivity contribution in [3.8, 4) is 5.69 Å². The van der Waals surface area contributed by atoms with Crippen molar-refractivity contribution in [3.63, 3.8) is 0 Å². The fraction of sp³-hybridized carbons (Fsp3) is 0.308. The van der Waals surface area contributed by atoms with Crippen LogP contribution in [0.25, 0.3) is 11.8 Å². The minimum absolute atomic E-state index is 0.0786. The first kappa shape index (κ1) is 22.9. The fourth-order valence-corrected chi connectivity index (χ4v) is 4.72. The Bertz CT molecular complexity index is 1220. The van der Waals surface area contributed by atoms with Crippen LogP contribution in [-0.2, 0) is 12.8 Å². The van der Waals surface area contributed by atoms with Gasteiger partial charge >= 0.3 is 5.97 Å². The molecule has 0 amide bonds. The molecule has 0 saturated carbocycles. The molecule has 2 atom stereocenters. The predicted molar refractivity (Wildman–Crippen MR) is 121 cm³/mol. The van der Waals surface area contributed by atoms with Crippen molar-refractivity contribution in [2.24, 2.45) is 5.41 Å². The normalized spacial score (nSPS) is 18.5. The largest absolute Gasteiger partial charge is 0.478 e. The van der Waals surface area contributed by atoms with E-state index < -0.39 is 23.3 Å². The molecule has 3 aromatic rings. The molecule has 0 bridgehead atoms. The third kappa shape index (κ3) is 4.33. The number of rotatable bonds is 7. The number of aryl methyl sites for hydroxylation is 1. The van der Waals surface area contributed by atoms with E-state index in [2.05, 4.69) is 5.10 Å². The molecule has 0 radical (unpaired) electrons.